The van der Waals surface area contributed by atoms with Gasteiger partial charge in [0.2, 0.25) is 0 Å². The molecule has 68 heavy (non-hydrogen) atoms. The van der Waals surface area contributed by atoms with Crippen LogP contribution in [-0.4, -0.2) is 18.3 Å². The molecule has 9 aromatic carbocycles. The number of aromatic nitrogens is 4. The van der Waals surface area contributed by atoms with E-state index in [4.69, 9.17) is 0 Å². The Balaban J connectivity index is 1.06. The molecule has 0 unspecified atom stereocenters. The molecule has 14 rings (SSSR count). The Labute approximate surface area is 390 Å². The standard InChI is InChI=1S/C62H38N6/c63-37-39-14-13-15-40(32-39)50-36-62(68-58-27-12-6-21-49(58)52-35-43(29-31-60(52)68)66-55-24-9-3-18-46(55)47-19-4-10-25-56(47)66)61(33-41(50)38-64)67-57-26-11-5-20-48(57)51-34-42(28-30-59(51)67)65-53-22-7-1-16-44(53)45-17-2-8-23-54(45)65/h1-5,7-20,22-36H,6,21H2. The molecule has 1 aliphatic carbocycles. The first-order valence-electron chi connectivity index (χ1n) is 23.1. The topological polar surface area (TPSA) is 67.3 Å². The maximum absolute atomic E-state index is 11.1. The molecule has 4 heterocycles. The molecule has 0 saturated carbocycles. The molecule has 4 aromatic heterocycles. The van der Waals surface area contributed by atoms with E-state index in [0.717, 1.165) is 90.8 Å². The Hall–Kier alpha value is -9.36. The van der Waals surface area contributed by atoms with Crippen molar-refractivity contribution in [3.05, 3.63) is 223 Å². The van der Waals surface area contributed by atoms with Gasteiger partial charge in [0.1, 0.15) is 0 Å². The zero-order chi connectivity index (χ0) is 45.0. The van der Waals surface area contributed by atoms with Gasteiger partial charge in [-0.2, -0.15) is 10.5 Å². The second-order valence-corrected chi connectivity index (χ2v) is 17.8. The van der Waals surface area contributed by atoms with E-state index in [9.17, 15) is 10.5 Å². The normalized spacial score (nSPS) is 12.5. The highest BCUT2D eigenvalue weighted by molar-refractivity contribution is 6.13. The molecular weight excluding hydrogens is 829 g/mol. The predicted octanol–water partition coefficient (Wildman–Crippen LogP) is 15.3. The van der Waals surface area contributed by atoms with Crippen molar-refractivity contribution >= 4 is 82.4 Å². The van der Waals surface area contributed by atoms with Crippen LogP contribution in [0.25, 0.3) is 116 Å². The van der Waals surface area contributed by atoms with Crippen molar-refractivity contribution in [1.29, 1.82) is 10.5 Å². The summed E-state index contributed by atoms with van der Waals surface area (Å²) < 4.78 is 9.53. The lowest BCUT2D eigenvalue weighted by atomic mass is 9.96. The van der Waals surface area contributed by atoms with Gasteiger partial charge in [-0.3, -0.25) is 0 Å². The molecule has 0 amide bonds. The molecule has 0 bridgehead atoms. The lowest BCUT2D eigenvalue weighted by Crippen LogP contribution is -2.08. The molecule has 0 radical (unpaired) electrons. The van der Waals surface area contributed by atoms with Gasteiger partial charge >= 0.3 is 0 Å². The van der Waals surface area contributed by atoms with Crippen molar-refractivity contribution in [2.24, 2.45) is 0 Å². The van der Waals surface area contributed by atoms with Crippen LogP contribution in [0, 0.1) is 22.7 Å². The Morgan fingerprint density at radius 2 is 0.868 bits per heavy atom. The number of aryl methyl sites for hydroxylation is 1. The molecule has 316 valence electrons. The molecule has 13 aromatic rings. The van der Waals surface area contributed by atoms with Crippen molar-refractivity contribution < 1.29 is 0 Å². The molecular formula is C62H38N6. The van der Waals surface area contributed by atoms with E-state index in [-0.39, 0.29) is 0 Å². The van der Waals surface area contributed by atoms with E-state index in [1.807, 2.05) is 24.3 Å². The molecule has 0 atom stereocenters. The van der Waals surface area contributed by atoms with Gasteiger partial charge < -0.3 is 18.3 Å². The quantitative estimate of drug-likeness (QED) is 0.173. The van der Waals surface area contributed by atoms with E-state index in [1.54, 1.807) is 0 Å². The van der Waals surface area contributed by atoms with Gasteiger partial charge in [-0.25, -0.2) is 0 Å². The number of nitrogens with zero attached hydrogens (tertiary/aromatic N) is 6. The first-order valence-corrected chi connectivity index (χ1v) is 23.1. The van der Waals surface area contributed by atoms with Crippen molar-refractivity contribution in [3.8, 4) is 46.0 Å². The molecule has 0 spiro atoms. The van der Waals surface area contributed by atoms with Crippen LogP contribution in [0.1, 0.15) is 28.8 Å². The summed E-state index contributed by atoms with van der Waals surface area (Å²) in [5.74, 6) is 0. The smallest absolute Gasteiger partial charge is 0.0998 e. The maximum Gasteiger partial charge on any atom is 0.0998 e. The van der Waals surface area contributed by atoms with Crippen molar-refractivity contribution in [3.63, 3.8) is 0 Å². The second-order valence-electron chi connectivity index (χ2n) is 17.8. The molecule has 6 nitrogen and oxygen atoms in total. The van der Waals surface area contributed by atoms with Crippen molar-refractivity contribution in [2.75, 3.05) is 0 Å². The van der Waals surface area contributed by atoms with Gasteiger partial charge in [-0.15, -0.1) is 0 Å². The van der Waals surface area contributed by atoms with E-state index in [1.165, 1.54) is 43.5 Å². The summed E-state index contributed by atoms with van der Waals surface area (Å²) >= 11 is 0. The third-order valence-electron chi connectivity index (χ3n) is 14.3. The van der Waals surface area contributed by atoms with Gasteiger partial charge in [0.25, 0.3) is 0 Å². The molecule has 0 N–H and O–H groups in total. The highest BCUT2D eigenvalue weighted by Crippen LogP contribution is 2.44. The molecule has 0 fully saturated rings. The van der Waals surface area contributed by atoms with Crippen LogP contribution in [-0.2, 0) is 6.42 Å². The lowest BCUT2D eigenvalue weighted by molar-refractivity contribution is 0.962. The number of allylic oxidation sites excluding steroid dienone is 1. The number of benzene rings is 9. The third kappa shape index (κ3) is 5.37. The van der Waals surface area contributed by atoms with Gasteiger partial charge in [0, 0.05) is 60.3 Å². The summed E-state index contributed by atoms with van der Waals surface area (Å²) in [5.41, 5.74) is 17.0. The molecule has 6 heteroatoms. The average molecular weight is 867 g/mol. The molecule has 1 aliphatic rings. The van der Waals surface area contributed by atoms with Crippen LogP contribution in [0.15, 0.2) is 200 Å². The van der Waals surface area contributed by atoms with Gasteiger partial charge in [-0.05, 0) is 121 Å². The Morgan fingerprint density at radius 1 is 0.382 bits per heavy atom. The fourth-order valence-electron chi connectivity index (χ4n) is 11.4. The summed E-state index contributed by atoms with van der Waals surface area (Å²) in [6.07, 6.45) is 6.40. The first kappa shape index (κ1) is 38.0. The van der Waals surface area contributed by atoms with Gasteiger partial charge in [-0.1, -0.05) is 109 Å². The van der Waals surface area contributed by atoms with Crippen LogP contribution < -0.4 is 0 Å². The Morgan fingerprint density at radius 3 is 1.43 bits per heavy atom. The fraction of sp³-hybridized carbons (Fsp3) is 0.0323. The summed E-state index contributed by atoms with van der Waals surface area (Å²) in [6, 6.07) is 73.7. The molecule has 0 saturated heterocycles. The number of hydrogen-bond donors (Lipinski definition) is 0. The minimum Gasteiger partial charge on any atom is -0.309 e. The average Bonchev–Trinajstić information content (AvgIpc) is 4.13. The Kier molecular flexibility index (Phi) is 8.14. The largest absolute Gasteiger partial charge is 0.309 e. The lowest BCUT2D eigenvalue weighted by Gasteiger charge is -2.21. The monoisotopic (exact) mass is 866 g/mol. The van der Waals surface area contributed by atoms with Crippen LogP contribution in [0.2, 0.25) is 0 Å². The third-order valence-corrected chi connectivity index (χ3v) is 14.3. The first-order chi connectivity index (χ1) is 33.7. The van der Waals surface area contributed by atoms with E-state index in [0.29, 0.717) is 11.1 Å². The van der Waals surface area contributed by atoms with E-state index < -0.39 is 0 Å². The number of hydrogen-bond acceptors (Lipinski definition) is 2. The van der Waals surface area contributed by atoms with Crippen LogP contribution >= 0.6 is 0 Å². The fourth-order valence-corrected chi connectivity index (χ4v) is 11.4. The maximum atomic E-state index is 11.1. The zero-order valence-corrected chi connectivity index (χ0v) is 36.7. The number of nitriles is 2. The zero-order valence-electron chi connectivity index (χ0n) is 36.7. The summed E-state index contributed by atoms with van der Waals surface area (Å²) in [7, 11) is 0. The highest BCUT2D eigenvalue weighted by Gasteiger charge is 2.26. The molecule has 0 aliphatic heterocycles. The van der Waals surface area contributed by atoms with Gasteiger partial charge in [0.05, 0.1) is 73.3 Å². The minimum absolute atomic E-state index is 0.529. The van der Waals surface area contributed by atoms with E-state index >= 15 is 0 Å². The SMILES string of the molecule is N#Cc1cccc(-c2cc(-n3c4c(c5cc(-n6c7ccccc7c7ccccc76)ccc53)CCC=C4)c(-n3c4ccccc4c4cc(-n5c6ccccc6c6ccccc65)ccc43)cc2C#N)c1. The number of para-hydroxylation sites is 5. The van der Waals surface area contributed by atoms with Crippen LogP contribution in [0.5, 0.6) is 0 Å². The number of rotatable bonds is 5. The van der Waals surface area contributed by atoms with Crippen LogP contribution in [0.4, 0.5) is 0 Å². The summed E-state index contributed by atoms with van der Waals surface area (Å²) in [4.78, 5) is 0. The predicted molar refractivity (Wildman–Crippen MR) is 279 cm³/mol. The van der Waals surface area contributed by atoms with E-state index in [2.05, 4.69) is 212 Å². The highest BCUT2D eigenvalue weighted by atomic mass is 15.1. The summed E-state index contributed by atoms with van der Waals surface area (Å²) in [6.45, 7) is 0. The van der Waals surface area contributed by atoms with Gasteiger partial charge in [0.15, 0.2) is 0 Å². The van der Waals surface area contributed by atoms with Crippen molar-refractivity contribution in [1.82, 2.24) is 18.3 Å². The minimum atomic E-state index is 0.529. The van der Waals surface area contributed by atoms with Crippen LogP contribution in [0.3, 0.4) is 0 Å². The Bertz CT molecular complexity index is 4310. The second kappa shape index (κ2) is 14.6. The number of fused-ring (bicyclic) bond motifs is 12. The summed E-state index contributed by atoms with van der Waals surface area (Å²) in [5, 5.41) is 29.4. The van der Waals surface area contributed by atoms with Crippen molar-refractivity contribution in [2.45, 2.75) is 12.8 Å².